The zero-order chi connectivity index (χ0) is 15.2. The van der Waals surface area contributed by atoms with E-state index in [-0.39, 0.29) is 17.6 Å². The normalized spacial score (nSPS) is 12.5. The number of rotatable bonds is 4. The Balaban J connectivity index is 0.000000459. The Morgan fingerprint density at radius 3 is 2.42 bits per heavy atom. The van der Waals surface area contributed by atoms with Gasteiger partial charge in [-0.25, -0.2) is 0 Å². The van der Waals surface area contributed by atoms with Gasteiger partial charge in [0.25, 0.3) is 10.1 Å². The summed E-state index contributed by atoms with van der Waals surface area (Å²) in [5, 5.41) is 19.3. The van der Waals surface area contributed by atoms with Crippen molar-refractivity contribution in [1.29, 1.82) is 0 Å². The monoisotopic (exact) mass is 315 g/mol. The number of aliphatic hydroxyl groups is 1. The number of nitro groups is 1. The van der Waals surface area contributed by atoms with Crippen LogP contribution in [0.2, 0.25) is 5.28 Å². The molecule has 1 heterocycles. The Morgan fingerprint density at radius 1 is 1.68 bits per heavy atom. The van der Waals surface area contributed by atoms with Crippen molar-refractivity contribution in [2.24, 2.45) is 0 Å². The van der Waals surface area contributed by atoms with Crippen LogP contribution in [0.1, 0.15) is 6.92 Å². The molecule has 0 aliphatic carbocycles. The standard InChI is InChI=1S/C6H8ClN3O3.C2H6O3S/c1-4(11)2-9-3-5(10(12)13)8-6(9)7;1-5-6(2,3)4/h3-4,11H,2H2,1H3;1-2H3. The van der Waals surface area contributed by atoms with E-state index in [1.807, 2.05) is 0 Å². The van der Waals surface area contributed by atoms with Crippen LogP contribution in [0.3, 0.4) is 0 Å². The summed E-state index contributed by atoms with van der Waals surface area (Å²) < 4.78 is 24.8. The summed E-state index contributed by atoms with van der Waals surface area (Å²) >= 11 is 5.57. The molecule has 0 aliphatic rings. The minimum absolute atomic E-state index is 0.00704. The van der Waals surface area contributed by atoms with Crippen molar-refractivity contribution in [2.75, 3.05) is 13.4 Å². The van der Waals surface area contributed by atoms with Crippen LogP contribution in [0, 0.1) is 10.1 Å². The summed E-state index contributed by atoms with van der Waals surface area (Å²) in [5.74, 6) is -0.314. The molecular formula is C8H14ClN3O6S. The molecule has 1 atom stereocenters. The van der Waals surface area contributed by atoms with Crippen LogP contribution >= 0.6 is 11.6 Å². The van der Waals surface area contributed by atoms with E-state index < -0.39 is 21.1 Å². The lowest BCUT2D eigenvalue weighted by molar-refractivity contribution is -0.389. The van der Waals surface area contributed by atoms with E-state index >= 15 is 0 Å². The number of nitrogens with zero attached hydrogens (tertiary/aromatic N) is 3. The van der Waals surface area contributed by atoms with Crippen molar-refractivity contribution in [3.05, 3.63) is 21.6 Å². The molecule has 110 valence electrons. The fourth-order valence-corrected chi connectivity index (χ4v) is 1.09. The lowest BCUT2D eigenvalue weighted by Gasteiger charge is -2.02. The lowest BCUT2D eigenvalue weighted by atomic mass is 10.4. The Kier molecular flexibility index (Phi) is 6.90. The maximum absolute atomic E-state index is 10.3. The fraction of sp³-hybridized carbons (Fsp3) is 0.625. The van der Waals surface area contributed by atoms with Gasteiger partial charge in [-0.1, -0.05) is 0 Å². The predicted molar refractivity (Wildman–Crippen MR) is 67.4 cm³/mol. The highest BCUT2D eigenvalue weighted by atomic mass is 35.5. The Bertz CT molecular complexity index is 527. The van der Waals surface area contributed by atoms with Crippen LogP contribution in [-0.4, -0.2) is 47.5 Å². The van der Waals surface area contributed by atoms with Crippen LogP contribution in [0.4, 0.5) is 5.82 Å². The number of aliphatic hydroxyl groups excluding tert-OH is 1. The predicted octanol–water partition coefficient (Wildman–Crippen LogP) is 0.418. The van der Waals surface area contributed by atoms with Gasteiger partial charge < -0.3 is 15.2 Å². The van der Waals surface area contributed by atoms with Crippen LogP contribution in [0.15, 0.2) is 6.20 Å². The summed E-state index contributed by atoms with van der Waals surface area (Å²) in [7, 11) is -2.04. The summed E-state index contributed by atoms with van der Waals surface area (Å²) in [4.78, 5) is 13.1. The smallest absolute Gasteiger partial charge is 0.383 e. The molecule has 11 heteroatoms. The van der Waals surface area contributed by atoms with Gasteiger partial charge in [0, 0.05) is 0 Å². The van der Waals surface area contributed by atoms with E-state index in [1.165, 1.54) is 10.8 Å². The molecule has 0 bridgehead atoms. The van der Waals surface area contributed by atoms with Gasteiger partial charge in [0.05, 0.1) is 26.0 Å². The number of hydrogen-bond donors (Lipinski definition) is 1. The Morgan fingerprint density at radius 2 is 2.16 bits per heavy atom. The van der Waals surface area contributed by atoms with Crippen molar-refractivity contribution in [2.45, 2.75) is 19.6 Å². The van der Waals surface area contributed by atoms with Crippen LogP contribution in [0.5, 0.6) is 0 Å². The summed E-state index contributed by atoms with van der Waals surface area (Å²) in [6.07, 6.45) is 1.56. The molecule has 1 rings (SSSR count). The molecule has 1 aromatic rings. The molecule has 0 aliphatic heterocycles. The number of hydrogen-bond acceptors (Lipinski definition) is 7. The average Bonchev–Trinajstić information content (AvgIpc) is 2.59. The van der Waals surface area contributed by atoms with Gasteiger partial charge in [0.15, 0.2) is 0 Å². The van der Waals surface area contributed by atoms with E-state index in [0.717, 1.165) is 13.4 Å². The topological polar surface area (TPSA) is 125 Å². The molecule has 0 amide bonds. The second-order valence-corrected chi connectivity index (χ2v) is 5.58. The third-order valence-electron chi connectivity index (χ3n) is 1.67. The van der Waals surface area contributed by atoms with Crippen molar-refractivity contribution in [3.8, 4) is 0 Å². The van der Waals surface area contributed by atoms with Gasteiger partial charge in [0.2, 0.25) is 0 Å². The molecule has 0 aromatic carbocycles. The SMILES string of the molecule is CC(O)Cn1cc([N+](=O)[O-])nc1Cl.COS(C)(=O)=O. The summed E-state index contributed by atoms with van der Waals surface area (Å²) in [5.41, 5.74) is 0. The van der Waals surface area contributed by atoms with E-state index in [4.69, 9.17) is 16.7 Å². The highest BCUT2D eigenvalue weighted by Gasteiger charge is 2.17. The second-order valence-electron chi connectivity index (χ2n) is 3.50. The zero-order valence-corrected chi connectivity index (χ0v) is 12.1. The van der Waals surface area contributed by atoms with Gasteiger partial charge >= 0.3 is 11.1 Å². The van der Waals surface area contributed by atoms with Crippen LogP contribution in [0.25, 0.3) is 0 Å². The number of halogens is 1. The van der Waals surface area contributed by atoms with Crippen molar-refractivity contribution < 1.29 is 22.6 Å². The van der Waals surface area contributed by atoms with Gasteiger partial charge in [-0.15, -0.1) is 0 Å². The number of aromatic nitrogens is 2. The molecule has 19 heavy (non-hydrogen) atoms. The third-order valence-corrected chi connectivity index (χ3v) is 2.57. The highest BCUT2D eigenvalue weighted by molar-refractivity contribution is 7.85. The molecule has 1 N–H and O–H groups in total. The van der Waals surface area contributed by atoms with Crippen molar-refractivity contribution in [1.82, 2.24) is 9.55 Å². The maximum atomic E-state index is 10.3. The maximum Gasteiger partial charge on any atom is 0.383 e. The van der Waals surface area contributed by atoms with Gasteiger partial charge in [0.1, 0.15) is 6.20 Å². The molecule has 1 aromatic heterocycles. The molecule has 0 saturated carbocycles. The van der Waals surface area contributed by atoms with E-state index in [0.29, 0.717) is 0 Å². The quantitative estimate of drug-likeness (QED) is 0.485. The van der Waals surface area contributed by atoms with Crippen LogP contribution in [-0.2, 0) is 20.8 Å². The minimum Gasteiger partial charge on any atom is -0.392 e. The van der Waals surface area contributed by atoms with Crippen molar-refractivity contribution in [3.63, 3.8) is 0 Å². The largest absolute Gasteiger partial charge is 0.392 e. The molecule has 0 fully saturated rings. The minimum atomic E-state index is -3.16. The molecule has 0 saturated heterocycles. The average molecular weight is 316 g/mol. The lowest BCUT2D eigenvalue weighted by Crippen LogP contribution is -2.10. The van der Waals surface area contributed by atoms with E-state index in [1.54, 1.807) is 6.92 Å². The van der Waals surface area contributed by atoms with Gasteiger partial charge in [-0.3, -0.25) is 8.75 Å². The van der Waals surface area contributed by atoms with Gasteiger partial charge in [-0.2, -0.15) is 8.42 Å². The van der Waals surface area contributed by atoms with Gasteiger partial charge in [-0.05, 0) is 28.4 Å². The molecule has 0 spiro atoms. The highest BCUT2D eigenvalue weighted by Crippen LogP contribution is 2.15. The van der Waals surface area contributed by atoms with Crippen molar-refractivity contribution >= 4 is 27.5 Å². The molecule has 1 unspecified atom stereocenters. The third kappa shape index (κ3) is 7.72. The molecule has 9 nitrogen and oxygen atoms in total. The first-order valence-electron chi connectivity index (χ1n) is 4.87. The Hall–Kier alpha value is -1.23. The number of imidazole rings is 1. The first-order valence-corrected chi connectivity index (χ1v) is 7.07. The first kappa shape index (κ1) is 17.8. The summed E-state index contributed by atoms with van der Waals surface area (Å²) in [6.45, 7) is 1.75. The summed E-state index contributed by atoms with van der Waals surface area (Å²) in [6, 6.07) is 0. The van der Waals surface area contributed by atoms with Crippen LogP contribution < -0.4 is 0 Å². The van der Waals surface area contributed by atoms with E-state index in [9.17, 15) is 18.5 Å². The first-order chi connectivity index (χ1) is 8.56. The zero-order valence-electron chi connectivity index (χ0n) is 10.5. The Labute approximate surface area is 115 Å². The molecule has 0 radical (unpaired) electrons. The second kappa shape index (κ2) is 7.38. The molecular weight excluding hydrogens is 302 g/mol. The van der Waals surface area contributed by atoms with E-state index in [2.05, 4.69) is 9.17 Å². The fourth-order valence-electron chi connectivity index (χ4n) is 0.881.